The Kier molecular flexibility index (Phi) is 8.89. The smallest absolute Gasteiger partial charge is 0.194 e. The number of para-hydroxylation sites is 2. The van der Waals surface area contributed by atoms with Gasteiger partial charge in [0.25, 0.3) is 0 Å². The Morgan fingerprint density at radius 3 is 2.79 bits per heavy atom. The highest BCUT2D eigenvalue weighted by Crippen LogP contribution is 2.28. The maximum Gasteiger partial charge on any atom is 0.194 e. The van der Waals surface area contributed by atoms with Gasteiger partial charge >= 0.3 is 0 Å². The van der Waals surface area contributed by atoms with Crippen LogP contribution < -0.4 is 15.0 Å². The second-order valence-corrected chi connectivity index (χ2v) is 7.45. The van der Waals surface area contributed by atoms with Gasteiger partial charge in [-0.15, -0.1) is 0 Å². The molecule has 0 bridgehead atoms. The summed E-state index contributed by atoms with van der Waals surface area (Å²) in [7, 11) is 1.73. The molecule has 162 valence electrons. The summed E-state index contributed by atoms with van der Waals surface area (Å²) in [5.74, 6) is 1.94. The van der Waals surface area contributed by atoms with E-state index in [1.807, 2.05) is 12.1 Å². The van der Waals surface area contributed by atoms with Gasteiger partial charge in [0.05, 0.1) is 25.5 Å². The van der Waals surface area contributed by atoms with E-state index < -0.39 is 0 Å². The summed E-state index contributed by atoms with van der Waals surface area (Å²) in [6.07, 6.45) is 3.52. The van der Waals surface area contributed by atoms with Crippen LogP contribution in [0.2, 0.25) is 0 Å². The quantitative estimate of drug-likeness (QED) is 0.387. The third-order valence-electron chi connectivity index (χ3n) is 5.38. The lowest BCUT2D eigenvalue weighted by Gasteiger charge is -2.38. The van der Waals surface area contributed by atoms with E-state index in [-0.39, 0.29) is 0 Å². The van der Waals surface area contributed by atoms with Gasteiger partial charge in [-0.05, 0) is 38.3 Å². The van der Waals surface area contributed by atoms with Gasteiger partial charge in [-0.2, -0.15) is 0 Å². The van der Waals surface area contributed by atoms with Crippen molar-refractivity contribution in [1.82, 2.24) is 10.2 Å². The first-order chi connectivity index (χ1) is 14.3. The molecule has 0 aromatic heterocycles. The first kappa shape index (κ1) is 21.7. The van der Waals surface area contributed by atoms with Gasteiger partial charge in [0.15, 0.2) is 5.96 Å². The van der Waals surface area contributed by atoms with E-state index in [1.165, 1.54) is 5.69 Å². The van der Waals surface area contributed by atoms with Crippen LogP contribution in [-0.4, -0.2) is 83.2 Å². The molecule has 2 saturated heterocycles. The molecule has 0 radical (unpaired) electrons. The number of rotatable bonds is 9. The first-order valence-electron chi connectivity index (χ1n) is 10.9. The van der Waals surface area contributed by atoms with Crippen molar-refractivity contribution in [1.29, 1.82) is 0 Å². The minimum atomic E-state index is 0.301. The zero-order chi connectivity index (χ0) is 20.3. The highest BCUT2D eigenvalue weighted by atomic mass is 16.5. The Morgan fingerprint density at radius 2 is 2.07 bits per heavy atom. The summed E-state index contributed by atoms with van der Waals surface area (Å²) < 4.78 is 16.8. The minimum absolute atomic E-state index is 0.301. The Hall–Kier alpha value is -1.99. The third-order valence-corrected chi connectivity index (χ3v) is 5.38. The number of hydrogen-bond donors (Lipinski definition) is 1. The maximum atomic E-state index is 5.74. The average molecular weight is 405 g/mol. The summed E-state index contributed by atoms with van der Waals surface area (Å²) in [6, 6.07) is 8.23. The fourth-order valence-corrected chi connectivity index (χ4v) is 3.82. The van der Waals surface area contributed by atoms with Gasteiger partial charge in [0.1, 0.15) is 5.75 Å². The van der Waals surface area contributed by atoms with Crippen molar-refractivity contribution in [2.45, 2.75) is 32.3 Å². The van der Waals surface area contributed by atoms with Crippen LogP contribution in [0.25, 0.3) is 0 Å². The second-order valence-electron chi connectivity index (χ2n) is 7.45. The zero-order valence-corrected chi connectivity index (χ0v) is 17.9. The van der Waals surface area contributed by atoms with Crippen LogP contribution >= 0.6 is 0 Å². The standard InChI is InChI=1S/C22H36N4O3/c1-3-23-22(24-11-7-16-28-18-19-8-6-17-29-19)26-14-12-25(13-15-26)20-9-4-5-10-21(20)27-2/h4-5,9-10,19H,3,6-8,11-18H2,1-2H3,(H,23,24). The van der Waals surface area contributed by atoms with Crippen molar-refractivity contribution >= 4 is 11.6 Å². The number of nitrogens with one attached hydrogen (secondary N) is 1. The molecule has 0 amide bonds. The molecule has 2 fully saturated rings. The number of piperazine rings is 1. The first-order valence-corrected chi connectivity index (χ1v) is 10.9. The number of anilines is 1. The minimum Gasteiger partial charge on any atom is -0.495 e. The van der Waals surface area contributed by atoms with Crippen LogP contribution in [0.15, 0.2) is 29.3 Å². The number of nitrogens with zero attached hydrogens (tertiary/aromatic N) is 3. The Labute approximate surface area is 175 Å². The molecule has 1 aromatic rings. The lowest BCUT2D eigenvalue weighted by atomic mass is 10.2. The normalized spacial score (nSPS) is 20.2. The van der Waals surface area contributed by atoms with Crippen LogP contribution in [0, 0.1) is 0 Å². The van der Waals surface area contributed by atoms with Crippen molar-refractivity contribution in [3.63, 3.8) is 0 Å². The monoisotopic (exact) mass is 404 g/mol. The molecule has 0 spiro atoms. The van der Waals surface area contributed by atoms with Crippen LogP contribution in [0.4, 0.5) is 5.69 Å². The summed E-state index contributed by atoms with van der Waals surface area (Å²) in [5, 5.41) is 3.44. The maximum absolute atomic E-state index is 5.74. The van der Waals surface area contributed by atoms with E-state index in [2.05, 4.69) is 34.2 Å². The van der Waals surface area contributed by atoms with Gasteiger partial charge < -0.3 is 29.3 Å². The van der Waals surface area contributed by atoms with Crippen LogP contribution in [-0.2, 0) is 9.47 Å². The van der Waals surface area contributed by atoms with Crippen molar-refractivity contribution in [2.75, 3.05) is 71.1 Å². The predicted molar refractivity (Wildman–Crippen MR) is 117 cm³/mol. The molecule has 7 nitrogen and oxygen atoms in total. The summed E-state index contributed by atoms with van der Waals surface area (Å²) in [4.78, 5) is 9.55. The molecule has 0 aliphatic carbocycles. The van der Waals surface area contributed by atoms with Gasteiger partial charge in [0.2, 0.25) is 0 Å². The number of benzene rings is 1. The summed E-state index contributed by atoms with van der Waals surface area (Å²) in [5.41, 5.74) is 1.17. The lowest BCUT2D eigenvalue weighted by molar-refractivity contribution is 0.0170. The number of guanidine groups is 1. The zero-order valence-electron chi connectivity index (χ0n) is 17.9. The SMILES string of the molecule is CCNC(=NCCCOCC1CCCO1)N1CCN(c2ccccc2OC)CC1. The molecule has 1 atom stereocenters. The molecule has 2 heterocycles. The molecule has 2 aliphatic rings. The van der Waals surface area contributed by atoms with E-state index >= 15 is 0 Å². The largest absolute Gasteiger partial charge is 0.495 e. The van der Waals surface area contributed by atoms with Crippen LogP contribution in [0.1, 0.15) is 26.2 Å². The molecule has 3 rings (SSSR count). The second kappa shape index (κ2) is 11.9. The van der Waals surface area contributed by atoms with E-state index in [0.717, 1.165) is 83.5 Å². The molecule has 0 saturated carbocycles. The van der Waals surface area contributed by atoms with Crippen LogP contribution in [0.3, 0.4) is 0 Å². The van der Waals surface area contributed by atoms with Crippen molar-refractivity contribution < 1.29 is 14.2 Å². The Balaban J connectivity index is 1.42. The van der Waals surface area contributed by atoms with Crippen LogP contribution in [0.5, 0.6) is 5.75 Å². The Morgan fingerprint density at radius 1 is 1.24 bits per heavy atom. The predicted octanol–water partition coefficient (Wildman–Crippen LogP) is 2.37. The molecule has 1 aromatic carbocycles. The highest BCUT2D eigenvalue weighted by Gasteiger charge is 2.21. The third kappa shape index (κ3) is 6.51. The van der Waals surface area contributed by atoms with Gasteiger partial charge in [0, 0.05) is 52.5 Å². The van der Waals surface area contributed by atoms with E-state index in [0.29, 0.717) is 12.7 Å². The van der Waals surface area contributed by atoms with E-state index in [4.69, 9.17) is 19.2 Å². The fraction of sp³-hybridized carbons (Fsp3) is 0.682. The van der Waals surface area contributed by atoms with Gasteiger partial charge in [-0.3, -0.25) is 4.99 Å². The summed E-state index contributed by atoms with van der Waals surface area (Å²) >= 11 is 0. The molecule has 1 N–H and O–H groups in total. The van der Waals surface area contributed by atoms with Crippen molar-refractivity contribution in [3.05, 3.63) is 24.3 Å². The van der Waals surface area contributed by atoms with E-state index in [9.17, 15) is 0 Å². The van der Waals surface area contributed by atoms with Crippen molar-refractivity contribution in [2.24, 2.45) is 4.99 Å². The highest BCUT2D eigenvalue weighted by molar-refractivity contribution is 5.80. The molecular weight excluding hydrogens is 368 g/mol. The average Bonchev–Trinajstić information content (AvgIpc) is 3.29. The molecular formula is C22H36N4O3. The molecule has 7 heteroatoms. The number of methoxy groups -OCH3 is 1. The summed E-state index contributed by atoms with van der Waals surface area (Å²) in [6.45, 7) is 9.91. The van der Waals surface area contributed by atoms with E-state index in [1.54, 1.807) is 7.11 Å². The van der Waals surface area contributed by atoms with Gasteiger partial charge in [-0.1, -0.05) is 12.1 Å². The molecule has 29 heavy (non-hydrogen) atoms. The molecule has 1 unspecified atom stereocenters. The molecule has 2 aliphatic heterocycles. The number of hydrogen-bond acceptors (Lipinski definition) is 5. The fourth-order valence-electron chi connectivity index (χ4n) is 3.82. The lowest BCUT2D eigenvalue weighted by Crippen LogP contribution is -2.52. The number of ether oxygens (including phenoxy) is 3. The van der Waals surface area contributed by atoms with Crippen molar-refractivity contribution in [3.8, 4) is 5.75 Å². The topological polar surface area (TPSA) is 58.6 Å². The Bertz CT molecular complexity index is 626. The van der Waals surface area contributed by atoms with Gasteiger partial charge in [-0.25, -0.2) is 0 Å². The number of aliphatic imine (C=N–C) groups is 1.